The van der Waals surface area contributed by atoms with Crippen molar-refractivity contribution < 1.29 is 32.6 Å². The van der Waals surface area contributed by atoms with Crippen molar-refractivity contribution in [1.82, 2.24) is 30.0 Å². The molecule has 1 amide bonds. The quantitative estimate of drug-likeness (QED) is 0.213. The minimum atomic E-state index is -4.59. The molecule has 0 fully saturated rings. The van der Waals surface area contributed by atoms with Gasteiger partial charge in [-0.25, -0.2) is 4.79 Å². The molecule has 2 N–H and O–H groups in total. The molecule has 0 radical (unpaired) electrons. The number of nitrogens with one attached hydrogen (secondary N) is 1. The van der Waals surface area contributed by atoms with Crippen molar-refractivity contribution in [1.29, 1.82) is 0 Å². The summed E-state index contributed by atoms with van der Waals surface area (Å²) in [5.74, 6) is -0.164. The fourth-order valence-corrected chi connectivity index (χ4v) is 5.36. The lowest BCUT2D eigenvalue weighted by atomic mass is 10.2. The van der Waals surface area contributed by atoms with Crippen molar-refractivity contribution in [3.63, 3.8) is 0 Å². The summed E-state index contributed by atoms with van der Waals surface area (Å²) >= 11 is 1.49. The van der Waals surface area contributed by atoms with E-state index in [1.807, 2.05) is 11.0 Å². The third-order valence-corrected chi connectivity index (χ3v) is 7.17. The molecule has 1 aromatic carbocycles. The normalized spacial score (nSPS) is 13.3. The van der Waals surface area contributed by atoms with E-state index >= 15 is 0 Å². The van der Waals surface area contributed by atoms with Gasteiger partial charge in [0.2, 0.25) is 5.82 Å². The molecule has 1 aliphatic heterocycles. The summed E-state index contributed by atoms with van der Waals surface area (Å²) in [6.45, 7) is 2.48. The van der Waals surface area contributed by atoms with Crippen molar-refractivity contribution in [2.24, 2.45) is 0 Å². The van der Waals surface area contributed by atoms with Gasteiger partial charge in [0, 0.05) is 18.0 Å². The molecule has 17 heteroatoms. The number of alkyl halides is 3. The average molecular weight is 594 g/mol. The molecule has 0 aliphatic carbocycles. The van der Waals surface area contributed by atoms with E-state index in [4.69, 9.17) is 14.7 Å². The van der Waals surface area contributed by atoms with Gasteiger partial charge in [-0.05, 0) is 36.8 Å². The van der Waals surface area contributed by atoms with E-state index in [-0.39, 0.29) is 61.3 Å². The number of hydrogen-bond acceptors (Lipinski definition) is 12. The van der Waals surface area contributed by atoms with E-state index in [9.17, 15) is 23.2 Å². The van der Waals surface area contributed by atoms with Crippen LogP contribution in [0.5, 0.6) is 11.8 Å². The smallest absolute Gasteiger partial charge is 0.451 e. The van der Waals surface area contributed by atoms with E-state index in [1.165, 1.54) is 35.6 Å². The molecule has 0 saturated carbocycles. The summed E-state index contributed by atoms with van der Waals surface area (Å²) < 4.78 is 51.8. The first kappa shape index (κ1) is 28.3. The lowest BCUT2D eigenvalue weighted by Crippen LogP contribution is -2.36. The Morgan fingerprint density at radius 3 is 2.71 bits per heavy atom. The van der Waals surface area contributed by atoms with E-state index in [1.54, 1.807) is 0 Å². The standard InChI is InChI=1S/C24H24F3N8O5S/c1-2-3-16-12-17-19(33-9-10-34-18(13-33)31-32-21(34)24(25,26)27)29-22(30-20(17)41-16)39-11-8-28-23(36)40-15-6-4-14(5-7-15)35(37)38/h4-7,12,37H,2-3,8-11,13H2,1H3,(H,28,36)/q-1. The molecule has 3 aromatic heterocycles. The van der Waals surface area contributed by atoms with Crippen molar-refractivity contribution in [2.75, 3.05) is 29.8 Å². The molecule has 1 aliphatic rings. The zero-order chi connectivity index (χ0) is 29.1. The first-order valence-electron chi connectivity index (χ1n) is 12.5. The van der Waals surface area contributed by atoms with Gasteiger partial charge in [0.05, 0.1) is 24.2 Å². The van der Waals surface area contributed by atoms with Gasteiger partial charge >= 0.3 is 18.3 Å². The maximum Gasteiger partial charge on any atom is 0.451 e. The maximum absolute atomic E-state index is 13.3. The molecule has 0 atom stereocenters. The fourth-order valence-electron chi connectivity index (χ4n) is 4.24. The molecule has 41 heavy (non-hydrogen) atoms. The highest BCUT2D eigenvalue weighted by molar-refractivity contribution is 7.18. The number of carbonyl (C=O) groups excluding carboxylic acids is 1. The number of thiophene rings is 1. The Bertz CT molecular complexity index is 1530. The van der Waals surface area contributed by atoms with Crippen LogP contribution in [0.2, 0.25) is 0 Å². The van der Waals surface area contributed by atoms with E-state index in [2.05, 4.69) is 32.4 Å². The second kappa shape index (κ2) is 11.7. The number of rotatable bonds is 9. The average Bonchev–Trinajstić information content (AvgIpc) is 3.54. The monoisotopic (exact) mass is 593 g/mol. The van der Waals surface area contributed by atoms with Gasteiger partial charge in [-0.2, -0.15) is 23.1 Å². The maximum atomic E-state index is 13.3. The number of ether oxygens (including phenoxy) is 2. The summed E-state index contributed by atoms with van der Waals surface area (Å²) in [5.41, 5.74) is -0.0208. The Balaban J connectivity index is 1.26. The van der Waals surface area contributed by atoms with Gasteiger partial charge in [-0.1, -0.05) is 13.3 Å². The Morgan fingerprint density at radius 2 is 2.00 bits per heavy atom. The number of fused-ring (bicyclic) bond motifs is 2. The molecule has 5 rings (SSSR count). The van der Waals surface area contributed by atoms with Crippen molar-refractivity contribution in [3.8, 4) is 11.8 Å². The van der Waals surface area contributed by atoms with Gasteiger partial charge in [-0.15, -0.1) is 21.5 Å². The SMILES string of the molecule is CCCc1cc2c(N3CCn4c(nnc4C(F)(F)F)C3)nc(OCCNC(=O)Oc3ccc(N([O-])O)cc3)nc2s1. The van der Waals surface area contributed by atoms with E-state index < -0.39 is 18.1 Å². The number of carbonyl (C=O) groups is 1. The Labute approximate surface area is 234 Å². The number of nitrogens with zero attached hydrogens (tertiary/aromatic N) is 7. The van der Waals surface area contributed by atoms with Gasteiger partial charge in [0.25, 0.3) is 0 Å². The van der Waals surface area contributed by atoms with E-state index in [0.29, 0.717) is 10.6 Å². The summed E-state index contributed by atoms with van der Waals surface area (Å²) in [7, 11) is 0. The van der Waals surface area contributed by atoms with Gasteiger partial charge < -0.3 is 34.7 Å². The Hall–Kier alpha value is -4.22. The number of amides is 1. The van der Waals surface area contributed by atoms with Crippen LogP contribution in [-0.4, -0.2) is 55.7 Å². The van der Waals surface area contributed by atoms with Crippen LogP contribution in [0.15, 0.2) is 30.3 Å². The number of aromatic nitrogens is 5. The van der Waals surface area contributed by atoms with Gasteiger partial charge in [-0.3, -0.25) is 5.21 Å². The number of halogens is 3. The van der Waals surface area contributed by atoms with Crippen molar-refractivity contribution >= 4 is 39.2 Å². The first-order valence-corrected chi connectivity index (χ1v) is 13.3. The van der Waals surface area contributed by atoms with Crippen LogP contribution in [0.4, 0.5) is 29.5 Å². The van der Waals surface area contributed by atoms with Crippen LogP contribution < -0.4 is 24.9 Å². The van der Waals surface area contributed by atoms with Crippen LogP contribution in [-0.2, 0) is 25.7 Å². The molecule has 13 nitrogen and oxygen atoms in total. The molecular weight excluding hydrogens is 569 g/mol. The zero-order valence-corrected chi connectivity index (χ0v) is 22.4. The third kappa shape index (κ3) is 6.41. The van der Waals surface area contributed by atoms with Crippen LogP contribution in [0, 0.1) is 5.21 Å². The second-order valence-electron chi connectivity index (χ2n) is 8.95. The molecule has 0 bridgehead atoms. The summed E-state index contributed by atoms with van der Waals surface area (Å²) in [4.78, 5) is 24.7. The summed E-state index contributed by atoms with van der Waals surface area (Å²) in [6, 6.07) is 7.29. The minimum Gasteiger partial charge on any atom is -0.733 e. The first-order chi connectivity index (χ1) is 19.6. The topological polar surface area (TPSA) is 154 Å². The van der Waals surface area contributed by atoms with Crippen LogP contribution >= 0.6 is 11.3 Å². The highest BCUT2D eigenvalue weighted by atomic mass is 32.1. The van der Waals surface area contributed by atoms with Crippen LogP contribution in [0.1, 0.15) is 29.9 Å². The molecule has 0 spiro atoms. The third-order valence-electron chi connectivity index (χ3n) is 6.08. The summed E-state index contributed by atoms with van der Waals surface area (Å²) in [5, 5.41) is 29.8. The van der Waals surface area contributed by atoms with Gasteiger partial charge in [0.15, 0.2) is 5.82 Å². The molecule has 0 unspecified atom stereocenters. The molecule has 218 valence electrons. The fraction of sp³-hybridized carbons (Fsp3) is 0.375. The molecule has 4 heterocycles. The van der Waals surface area contributed by atoms with Crippen molar-refractivity contribution in [2.45, 2.75) is 39.0 Å². The number of aryl methyl sites for hydroxylation is 1. The summed E-state index contributed by atoms with van der Waals surface area (Å²) in [6.07, 6.45) is -3.59. The van der Waals surface area contributed by atoms with Gasteiger partial charge in [0.1, 0.15) is 23.0 Å². The Kier molecular flexibility index (Phi) is 8.09. The van der Waals surface area contributed by atoms with Crippen LogP contribution in [0.25, 0.3) is 10.2 Å². The molecule has 0 saturated heterocycles. The second-order valence-corrected chi connectivity index (χ2v) is 10.1. The lowest BCUT2D eigenvalue weighted by Gasteiger charge is -2.29. The van der Waals surface area contributed by atoms with E-state index in [0.717, 1.165) is 27.7 Å². The minimum absolute atomic E-state index is 0.00506. The highest BCUT2D eigenvalue weighted by Crippen LogP contribution is 2.36. The predicted octanol–water partition coefficient (Wildman–Crippen LogP) is 4.14. The highest BCUT2D eigenvalue weighted by Gasteiger charge is 2.39. The van der Waals surface area contributed by atoms with Crippen LogP contribution in [0.3, 0.4) is 0 Å². The molecular formula is C24H24F3N8O5S-. The number of benzene rings is 1. The predicted molar refractivity (Wildman–Crippen MR) is 141 cm³/mol. The number of hydrogen-bond donors (Lipinski definition) is 2. The van der Waals surface area contributed by atoms with Crippen molar-refractivity contribution in [3.05, 3.63) is 52.1 Å². The molecule has 4 aromatic rings. The largest absolute Gasteiger partial charge is 0.733 e. The lowest BCUT2D eigenvalue weighted by molar-refractivity contribution is -0.147. The number of anilines is 2. The zero-order valence-electron chi connectivity index (χ0n) is 21.6. The Morgan fingerprint density at radius 1 is 1.22 bits per heavy atom.